The number of ether oxygens (including phenoxy) is 2. The van der Waals surface area contributed by atoms with Gasteiger partial charge in [-0.2, -0.15) is 13.1 Å². The molecule has 0 aliphatic carbocycles. The summed E-state index contributed by atoms with van der Waals surface area (Å²) in [6.07, 6.45) is 2.45. The van der Waals surface area contributed by atoms with E-state index in [1.54, 1.807) is 20.0 Å². The first-order chi connectivity index (χ1) is 13.7. The lowest BCUT2D eigenvalue weighted by Gasteiger charge is -2.35. The standard InChI is InChI=1S/C19H28F2N2O5S/c1-4-11-29(25,26)23-10-6-5-7-15(23)18(24)22(2)13-14-8-9-16(27-3)17(12-14)28-19(20)21/h8-9,12,15,19H,4-7,10-11,13H2,1-3H3. The maximum Gasteiger partial charge on any atom is 0.387 e. The van der Waals surface area contributed by atoms with Crippen LogP contribution < -0.4 is 9.47 Å². The molecule has 1 aromatic rings. The van der Waals surface area contributed by atoms with Gasteiger partial charge in [0.25, 0.3) is 0 Å². The summed E-state index contributed by atoms with van der Waals surface area (Å²) in [5, 5.41) is 0. The number of carbonyl (C=O) groups is 1. The molecule has 0 saturated carbocycles. The topological polar surface area (TPSA) is 76.2 Å². The van der Waals surface area contributed by atoms with Gasteiger partial charge in [-0.25, -0.2) is 8.42 Å². The molecule has 1 fully saturated rings. The molecule has 1 saturated heterocycles. The third kappa shape index (κ3) is 6.02. The van der Waals surface area contributed by atoms with Crippen LogP contribution in [0.4, 0.5) is 8.78 Å². The number of piperidine rings is 1. The van der Waals surface area contributed by atoms with E-state index in [0.717, 1.165) is 12.8 Å². The zero-order chi connectivity index (χ0) is 21.6. The molecule has 0 radical (unpaired) electrons. The van der Waals surface area contributed by atoms with Crippen molar-refractivity contribution in [3.63, 3.8) is 0 Å². The monoisotopic (exact) mass is 434 g/mol. The Morgan fingerprint density at radius 3 is 2.66 bits per heavy atom. The fourth-order valence-electron chi connectivity index (χ4n) is 3.47. The van der Waals surface area contributed by atoms with Crippen LogP contribution in [0, 0.1) is 0 Å². The maximum atomic E-state index is 13.0. The third-order valence-corrected chi connectivity index (χ3v) is 6.87. The Hall–Kier alpha value is -1.94. The molecule has 1 aromatic carbocycles. The van der Waals surface area contributed by atoms with Crippen LogP contribution in [0.5, 0.6) is 11.5 Å². The summed E-state index contributed by atoms with van der Waals surface area (Å²) in [5.74, 6) is -0.262. The molecule has 2 rings (SSSR count). The van der Waals surface area contributed by atoms with Crippen molar-refractivity contribution >= 4 is 15.9 Å². The number of halogens is 2. The summed E-state index contributed by atoms with van der Waals surface area (Å²) in [7, 11) is -0.584. The highest BCUT2D eigenvalue weighted by molar-refractivity contribution is 7.89. The zero-order valence-electron chi connectivity index (χ0n) is 16.9. The summed E-state index contributed by atoms with van der Waals surface area (Å²) >= 11 is 0. The minimum atomic E-state index is -3.50. The van der Waals surface area contributed by atoms with Gasteiger partial charge in [0.2, 0.25) is 15.9 Å². The molecule has 1 unspecified atom stereocenters. The number of sulfonamides is 1. The van der Waals surface area contributed by atoms with Gasteiger partial charge in [0.1, 0.15) is 6.04 Å². The van der Waals surface area contributed by atoms with Crippen molar-refractivity contribution in [2.24, 2.45) is 0 Å². The van der Waals surface area contributed by atoms with Crippen LogP contribution in [0.1, 0.15) is 38.2 Å². The number of hydrogen-bond acceptors (Lipinski definition) is 5. The summed E-state index contributed by atoms with van der Waals surface area (Å²) in [4.78, 5) is 14.4. The predicted molar refractivity (Wildman–Crippen MR) is 105 cm³/mol. The molecule has 1 amide bonds. The number of rotatable bonds is 9. The molecule has 0 bridgehead atoms. The summed E-state index contributed by atoms with van der Waals surface area (Å²) in [6, 6.07) is 3.79. The summed E-state index contributed by atoms with van der Waals surface area (Å²) < 4.78 is 61.1. The van der Waals surface area contributed by atoms with Gasteiger partial charge in [0.15, 0.2) is 11.5 Å². The Balaban J connectivity index is 2.17. The van der Waals surface area contributed by atoms with Crippen molar-refractivity contribution in [2.75, 3.05) is 26.5 Å². The highest BCUT2D eigenvalue weighted by Gasteiger charge is 2.37. The van der Waals surface area contributed by atoms with Crippen LogP contribution in [0.25, 0.3) is 0 Å². The fraction of sp³-hybridized carbons (Fsp3) is 0.632. The van der Waals surface area contributed by atoms with Crippen LogP contribution >= 0.6 is 0 Å². The highest BCUT2D eigenvalue weighted by Crippen LogP contribution is 2.30. The van der Waals surface area contributed by atoms with Crippen LogP contribution in [0.2, 0.25) is 0 Å². The Morgan fingerprint density at radius 1 is 1.31 bits per heavy atom. The first-order valence-electron chi connectivity index (χ1n) is 9.55. The summed E-state index contributed by atoms with van der Waals surface area (Å²) in [6.45, 7) is -0.756. The van der Waals surface area contributed by atoms with Crippen molar-refractivity contribution in [2.45, 2.75) is 51.8 Å². The first-order valence-corrected chi connectivity index (χ1v) is 11.2. The number of hydrogen-bond donors (Lipinski definition) is 0. The first kappa shape index (κ1) is 23.3. The molecular formula is C19H28F2N2O5S. The lowest BCUT2D eigenvalue weighted by Crippen LogP contribution is -2.52. The zero-order valence-corrected chi connectivity index (χ0v) is 17.8. The van der Waals surface area contributed by atoms with E-state index in [4.69, 9.17) is 4.74 Å². The van der Waals surface area contributed by atoms with Crippen molar-refractivity contribution in [1.29, 1.82) is 0 Å². The third-order valence-electron chi connectivity index (χ3n) is 4.80. The number of carbonyl (C=O) groups excluding carboxylic acids is 1. The van der Waals surface area contributed by atoms with E-state index in [-0.39, 0.29) is 29.7 Å². The smallest absolute Gasteiger partial charge is 0.387 e. The average molecular weight is 435 g/mol. The Bertz CT molecular complexity index is 804. The van der Waals surface area contributed by atoms with E-state index in [1.807, 2.05) is 0 Å². The Morgan fingerprint density at radius 2 is 2.03 bits per heavy atom. The second-order valence-electron chi connectivity index (χ2n) is 7.00. The largest absolute Gasteiger partial charge is 0.493 e. The lowest BCUT2D eigenvalue weighted by atomic mass is 10.0. The quantitative estimate of drug-likeness (QED) is 0.597. The molecule has 1 aliphatic rings. The maximum absolute atomic E-state index is 13.0. The van der Waals surface area contributed by atoms with E-state index in [9.17, 15) is 22.0 Å². The fourth-order valence-corrected chi connectivity index (χ4v) is 5.21. The van der Waals surface area contributed by atoms with Crippen molar-refractivity contribution in [1.82, 2.24) is 9.21 Å². The molecule has 7 nitrogen and oxygen atoms in total. The lowest BCUT2D eigenvalue weighted by molar-refractivity contribution is -0.135. The molecule has 29 heavy (non-hydrogen) atoms. The number of benzene rings is 1. The number of likely N-dealkylation sites (N-methyl/N-ethyl adjacent to an activating group) is 1. The normalized spacial score (nSPS) is 17.9. The molecule has 0 spiro atoms. The second-order valence-corrected chi connectivity index (χ2v) is 9.04. The van der Waals surface area contributed by atoms with E-state index in [1.165, 1.54) is 28.4 Å². The van der Waals surface area contributed by atoms with Gasteiger partial charge in [0, 0.05) is 20.1 Å². The van der Waals surface area contributed by atoms with E-state index >= 15 is 0 Å². The molecule has 164 valence electrons. The van der Waals surface area contributed by atoms with Gasteiger partial charge < -0.3 is 14.4 Å². The molecule has 1 heterocycles. The van der Waals surface area contributed by atoms with Gasteiger partial charge in [-0.3, -0.25) is 4.79 Å². The van der Waals surface area contributed by atoms with Gasteiger partial charge in [-0.15, -0.1) is 0 Å². The average Bonchev–Trinajstić information content (AvgIpc) is 2.67. The molecule has 1 atom stereocenters. The SMILES string of the molecule is CCCS(=O)(=O)N1CCCCC1C(=O)N(C)Cc1ccc(OC)c(OC(F)F)c1. The van der Waals surface area contributed by atoms with E-state index in [0.29, 0.717) is 24.9 Å². The van der Waals surface area contributed by atoms with Gasteiger partial charge in [-0.05, 0) is 37.0 Å². The minimum absolute atomic E-state index is 0.00724. The van der Waals surface area contributed by atoms with Crippen molar-refractivity contribution in [3.8, 4) is 11.5 Å². The molecule has 0 aromatic heterocycles. The van der Waals surface area contributed by atoms with Crippen LogP contribution in [-0.2, 0) is 21.4 Å². The van der Waals surface area contributed by atoms with Crippen LogP contribution in [-0.4, -0.2) is 62.6 Å². The van der Waals surface area contributed by atoms with Crippen molar-refractivity contribution in [3.05, 3.63) is 23.8 Å². The van der Waals surface area contributed by atoms with Crippen LogP contribution in [0.3, 0.4) is 0 Å². The number of alkyl halides is 2. The summed E-state index contributed by atoms with van der Waals surface area (Å²) in [5.41, 5.74) is 0.566. The second kappa shape index (κ2) is 10.2. The predicted octanol–water partition coefficient (Wildman–Crippen LogP) is 2.85. The highest BCUT2D eigenvalue weighted by atomic mass is 32.2. The Kier molecular flexibility index (Phi) is 8.21. The number of nitrogens with zero attached hydrogens (tertiary/aromatic N) is 2. The van der Waals surface area contributed by atoms with Gasteiger partial charge in [0.05, 0.1) is 12.9 Å². The van der Waals surface area contributed by atoms with E-state index in [2.05, 4.69) is 4.74 Å². The number of amides is 1. The van der Waals surface area contributed by atoms with E-state index < -0.39 is 22.7 Å². The molecule has 10 heteroatoms. The van der Waals surface area contributed by atoms with Gasteiger partial charge in [-0.1, -0.05) is 19.4 Å². The minimum Gasteiger partial charge on any atom is -0.493 e. The number of methoxy groups -OCH3 is 1. The van der Waals surface area contributed by atoms with Gasteiger partial charge >= 0.3 is 6.61 Å². The van der Waals surface area contributed by atoms with Crippen molar-refractivity contribution < 1.29 is 31.5 Å². The molecular weight excluding hydrogens is 406 g/mol. The molecule has 1 aliphatic heterocycles. The van der Waals surface area contributed by atoms with Crippen LogP contribution in [0.15, 0.2) is 18.2 Å². The Labute approximate surface area is 170 Å². The molecule has 0 N–H and O–H groups in total.